The minimum absolute atomic E-state index is 0.237. The van der Waals surface area contributed by atoms with Crippen molar-refractivity contribution in [2.24, 2.45) is 0 Å². The summed E-state index contributed by atoms with van der Waals surface area (Å²) in [5.74, 6) is -0.289. The summed E-state index contributed by atoms with van der Waals surface area (Å²) < 4.78 is 1.16. The maximum Gasteiger partial charge on any atom is 0.257 e. The van der Waals surface area contributed by atoms with E-state index in [9.17, 15) is 4.79 Å². The summed E-state index contributed by atoms with van der Waals surface area (Å²) in [7, 11) is 0. The van der Waals surface area contributed by atoms with E-state index >= 15 is 0 Å². The highest BCUT2D eigenvalue weighted by Gasteiger charge is 2.11. The third-order valence-electron chi connectivity index (χ3n) is 4.35. The molecule has 4 aromatic rings. The van der Waals surface area contributed by atoms with Crippen molar-refractivity contribution in [3.8, 4) is 10.6 Å². The number of thiazole rings is 1. The van der Waals surface area contributed by atoms with Gasteiger partial charge in [-0.2, -0.15) is 0 Å². The SMILES string of the molecule is Cc1cc(-c2nc3ccccc3s2)ccc1NC(=S)NC(=O)c1ccc(Cl)cc1. The van der Waals surface area contributed by atoms with Gasteiger partial charge in [-0.25, -0.2) is 4.98 Å². The lowest BCUT2D eigenvalue weighted by Gasteiger charge is -2.12. The van der Waals surface area contributed by atoms with Crippen molar-refractivity contribution in [2.45, 2.75) is 6.92 Å². The fourth-order valence-corrected chi connectivity index (χ4v) is 4.15. The molecule has 1 heterocycles. The first-order valence-electron chi connectivity index (χ1n) is 8.84. The number of amides is 1. The number of rotatable bonds is 3. The van der Waals surface area contributed by atoms with Crippen LogP contribution in [0, 0.1) is 6.92 Å². The number of halogens is 1. The number of nitrogens with one attached hydrogen (secondary N) is 2. The zero-order valence-electron chi connectivity index (χ0n) is 15.4. The van der Waals surface area contributed by atoms with Gasteiger partial charge in [-0.3, -0.25) is 10.1 Å². The Morgan fingerprint density at radius 1 is 1.07 bits per heavy atom. The third kappa shape index (κ3) is 4.45. The summed E-state index contributed by atoms with van der Waals surface area (Å²) in [4.78, 5) is 17.0. The molecule has 0 aliphatic rings. The van der Waals surface area contributed by atoms with Crippen molar-refractivity contribution >= 4 is 62.1 Å². The standard InChI is InChI=1S/C22H16ClN3OS2/c1-13-12-15(21-24-18-4-2-3-5-19(18)29-21)8-11-17(13)25-22(28)26-20(27)14-6-9-16(23)10-7-14/h2-12H,1H3,(H2,25,26,27,28). The van der Waals surface area contributed by atoms with Crippen LogP contribution >= 0.6 is 35.2 Å². The van der Waals surface area contributed by atoms with E-state index in [4.69, 9.17) is 28.8 Å². The van der Waals surface area contributed by atoms with Gasteiger partial charge >= 0.3 is 0 Å². The molecule has 0 saturated heterocycles. The number of hydrogen-bond acceptors (Lipinski definition) is 4. The average molecular weight is 438 g/mol. The van der Waals surface area contributed by atoms with E-state index in [-0.39, 0.29) is 11.0 Å². The van der Waals surface area contributed by atoms with E-state index in [0.29, 0.717) is 10.6 Å². The van der Waals surface area contributed by atoms with Gasteiger partial charge in [-0.05, 0) is 79.3 Å². The van der Waals surface area contributed by atoms with E-state index in [1.54, 1.807) is 35.6 Å². The van der Waals surface area contributed by atoms with E-state index in [2.05, 4.69) is 22.8 Å². The maximum absolute atomic E-state index is 12.3. The maximum atomic E-state index is 12.3. The third-order valence-corrected chi connectivity index (χ3v) is 5.89. The predicted molar refractivity (Wildman–Crippen MR) is 125 cm³/mol. The second-order valence-corrected chi connectivity index (χ2v) is 8.31. The summed E-state index contributed by atoms with van der Waals surface area (Å²) >= 11 is 12.8. The average Bonchev–Trinajstić information content (AvgIpc) is 3.14. The second kappa shape index (κ2) is 8.29. The number of nitrogens with zero attached hydrogens (tertiary/aromatic N) is 1. The van der Waals surface area contributed by atoms with E-state index in [1.165, 1.54) is 0 Å². The van der Waals surface area contributed by atoms with Gasteiger partial charge in [0.1, 0.15) is 5.01 Å². The molecule has 29 heavy (non-hydrogen) atoms. The van der Waals surface area contributed by atoms with Crippen LogP contribution in [0.1, 0.15) is 15.9 Å². The van der Waals surface area contributed by atoms with Crippen LogP contribution in [0.3, 0.4) is 0 Å². The van der Waals surface area contributed by atoms with Crippen molar-refractivity contribution in [1.29, 1.82) is 0 Å². The van der Waals surface area contributed by atoms with Crippen LogP contribution in [0.25, 0.3) is 20.8 Å². The predicted octanol–water partition coefficient (Wildman–Crippen LogP) is 6.05. The van der Waals surface area contributed by atoms with Crippen LogP contribution < -0.4 is 10.6 Å². The molecule has 0 spiro atoms. The zero-order valence-corrected chi connectivity index (χ0v) is 17.8. The number of anilines is 1. The number of thiocarbonyl (C=S) groups is 1. The number of para-hydroxylation sites is 1. The number of aryl methyl sites for hydroxylation is 1. The molecule has 7 heteroatoms. The van der Waals surface area contributed by atoms with Gasteiger partial charge in [0.2, 0.25) is 0 Å². The molecule has 0 atom stereocenters. The Morgan fingerprint density at radius 3 is 2.55 bits per heavy atom. The second-order valence-electron chi connectivity index (χ2n) is 6.43. The fourth-order valence-electron chi connectivity index (χ4n) is 2.86. The van der Waals surface area contributed by atoms with Crippen LogP contribution in [-0.4, -0.2) is 16.0 Å². The summed E-state index contributed by atoms with van der Waals surface area (Å²) in [6, 6.07) is 20.7. The monoisotopic (exact) mass is 437 g/mol. The first-order valence-corrected chi connectivity index (χ1v) is 10.4. The minimum Gasteiger partial charge on any atom is -0.332 e. The summed E-state index contributed by atoms with van der Waals surface area (Å²) in [5, 5.41) is 7.55. The molecule has 4 rings (SSSR count). The summed E-state index contributed by atoms with van der Waals surface area (Å²) in [6.45, 7) is 1.99. The molecule has 0 aliphatic heterocycles. The highest BCUT2D eigenvalue weighted by Crippen LogP contribution is 2.31. The van der Waals surface area contributed by atoms with Crippen molar-refractivity contribution in [3.05, 3.63) is 82.9 Å². The summed E-state index contributed by atoms with van der Waals surface area (Å²) in [6.07, 6.45) is 0. The van der Waals surface area contributed by atoms with Crippen LogP contribution in [-0.2, 0) is 0 Å². The van der Waals surface area contributed by atoms with Gasteiger partial charge in [0.05, 0.1) is 10.2 Å². The fraction of sp³-hybridized carbons (Fsp3) is 0.0455. The molecule has 2 N–H and O–H groups in total. The molecule has 0 unspecified atom stereocenters. The Balaban J connectivity index is 1.47. The normalized spacial score (nSPS) is 10.7. The largest absolute Gasteiger partial charge is 0.332 e. The molecular formula is C22H16ClN3OS2. The Bertz CT molecular complexity index is 1190. The minimum atomic E-state index is -0.289. The van der Waals surface area contributed by atoms with Gasteiger partial charge in [0.15, 0.2) is 5.11 Å². The molecule has 0 saturated carbocycles. The molecule has 0 radical (unpaired) electrons. The van der Waals surface area contributed by atoms with Crippen molar-refractivity contribution in [3.63, 3.8) is 0 Å². The quantitative estimate of drug-likeness (QED) is 0.383. The van der Waals surface area contributed by atoms with Crippen molar-refractivity contribution in [2.75, 3.05) is 5.32 Å². The zero-order chi connectivity index (χ0) is 20.4. The Labute approximate surface area is 182 Å². The first kappa shape index (κ1) is 19.5. The van der Waals surface area contributed by atoms with Crippen LogP contribution in [0.15, 0.2) is 66.7 Å². The lowest BCUT2D eigenvalue weighted by Crippen LogP contribution is -2.34. The highest BCUT2D eigenvalue weighted by molar-refractivity contribution is 7.80. The van der Waals surface area contributed by atoms with Gasteiger partial charge < -0.3 is 5.32 Å². The van der Waals surface area contributed by atoms with E-state index < -0.39 is 0 Å². The number of benzene rings is 3. The van der Waals surface area contributed by atoms with Gasteiger partial charge in [-0.1, -0.05) is 23.7 Å². The Hall–Kier alpha value is -2.80. The number of aromatic nitrogens is 1. The smallest absolute Gasteiger partial charge is 0.257 e. The molecule has 0 fully saturated rings. The number of carbonyl (C=O) groups excluding carboxylic acids is 1. The van der Waals surface area contributed by atoms with Crippen LogP contribution in [0.4, 0.5) is 5.69 Å². The lowest BCUT2D eigenvalue weighted by molar-refractivity contribution is 0.0977. The Morgan fingerprint density at radius 2 is 1.83 bits per heavy atom. The van der Waals surface area contributed by atoms with Gasteiger partial charge in [0.25, 0.3) is 5.91 Å². The molecule has 3 aromatic carbocycles. The number of fused-ring (bicyclic) bond motifs is 1. The topological polar surface area (TPSA) is 54.0 Å². The molecule has 0 aliphatic carbocycles. The Kier molecular flexibility index (Phi) is 5.58. The lowest BCUT2D eigenvalue weighted by atomic mass is 10.1. The van der Waals surface area contributed by atoms with Crippen molar-refractivity contribution in [1.82, 2.24) is 10.3 Å². The molecule has 1 aromatic heterocycles. The van der Waals surface area contributed by atoms with E-state index in [0.717, 1.165) is 32.0 Å². The molecular weight excluding hydrogens is 422 g/mol. The molecule has 4 nitrogen and oxygen atoms in total. The van der Waals surface area contributed by atoms with Gasteiger partial charge in [-0.15, -0.1) is 11.3 Å². The molecule has 0 bridgehead atoms. The number of carbonyl (C=O) groups is 1. The molecule has 1 amide bonds. The number of hydrogen-bond donors (Lipinski definition) is 2. The van der Waals surface area contributed by atoms with E-state index in [1.807, 2.05) is 37.3 Å². The molecule has 144 valence electrons. The first-order chi connectivity index (χ1) is 14.0. The van der Waals surface area contributed by atoms with Crippen LogP contribution in [0.5, 0.6) is 0 Å². The summed E-state index contributed by atoms with van der Waals surface area (Å²) in [5.41, 5.74) is 4.37. The van der Waals surface area contributed by atoms with Crippen molar-refractivity contribution < 1.29 is 4.79 Å². The van der Waals surface area contributed by atoms with Gasteiger partial charge in [0, 0.05) is 21.8 Å². The van der Waals surface area contributed by atoms with Crippen LogP contribution in [0.2, 0.25) is 5.02 Å². The highest BCUT2D eigenvalue weighted by atomic mass is 35.5.